The van der Waals surface area contributed by atoms with Gasteiger partial charge in [-0.2, -0.15) is 0 Å². The highest BCUT2D eigenvalue weighted by Gasteiger charge is 2.55. The molecule has 0 saturated heterocycles. The van der Waals surface area contributed by atoms with E-state index in [0.29, 0.717) is 5.19 Å². The molecule has 2 unspecified atom stereocenters. The molecular formula is C49H45N3OSi3. The second kappa shape index (κ2) is 12.9. The van der Waals surface area contributed by atoms with E-state index < -0.39 is 49.0 Å². The van der Waals surface area contributed by atoms with Crippen LogP contribution in [-0.4, -0.2) is 40.1 Å². The number of rotatable bonds is 7. The van der Waals surface area contributed by atoms with Crippen LogP contribution in [0.5, 0.6) is 11.5 Å². The van der Waals surface area contributed by atoms with E-state index in [1.54, 1.807) is 36.4 Å². The van der Waals surface area contributed by atoms with Crippen molar-refractivity contribution in [3.05, 3.63) is 187 Å². The lowest BCUT2D eigenvalue weighted by Gasteiger charge is -2.51. The van der Waals surface area contributed by atoms with Crippen LogP contribution in [0, 0.1) is 0 Å². The zero-order valence-corrected chi connectivity index (χ0v) is 34.0. The second-order valence-electron chi connectivity index (χ2n) is 14.9. The fraction of sp³-hybridized carbons (Fsp3) is 0.122. The van der Waals surface area contributed by atoms with Crippen LogP contribution in [0.2, 0.25) is 32.5 Å². The van der Waals surface area contributed by atoms with Crippen LogP contribution in [0.25, 0.3) is 33.5 Å². The molecule has 10 rings (SSSR count). The average Bonchev–Trinajstić information content (AvgIpc) is 3.83. The molecule has 7 heteroatoms. The third-order valence-electron chi connectivity index (χ3n) is 11.7. The van der Waals surface area contributed by atoms with E-state index in [1.165, 1.54) is 13.1 Å². The van der Waals surface area contributed by atoms with E-state index in [2.05, 4.69) is 69.6 Å². The SMILES string of the molecule is [2H]C([2H])([2H])[Si]([2H])(C)C1([Si](C)(C([2H])([2H])[2H])C([2H])([2H])[2H])c2ccccc2Oc2c1cccc2[Si](c1ccccc1)(c1ccccc1)c1cccc(-n2c3ccccc3n3c4ccccc4nc23)c1. The molecule has 4 nitrogen and oxygen atoms in total. The molecular weight excluding hydrogens is 731 g/mol. The zero-order chi connectivity index (χ0) is 46.7. The molecule has 0 amide bonds. The predicted molar refractivity (Wildman–Crippen MR) is 243 cm³/mol. The Hall–Kier alpha value is -5.74. The summed E-state index contributed by atoms with van der Waals surface area (Å²) in [7, 11) is -13.8. The summed E-state index contributed by atoms with van der Waals surface area (Å²) in [5.74, 6) is 1.06. The summed E-state index contributed by atoms with van der Waals surface area (Å²) in [6.07, 6.45) is 0. The van der Waals surface area contributed by atoms with Gasteiger partial charge in [-0.05, 0) is 74.3 Å². The van der Waals surface area contributed by atoms with Crippen molar-refractivity contribution in [1.29, 1.82) is 1.23 Å². The topological polar surface area (TPSA) is 31.5 Å². The minimum atomic E-state index is -5.14. The van der Waals surface area contributed by atoms with Crippen LogP contribution in [0.1, 0.15) is 23.5 Å². The normalized spacial score (nSPS) is 20.0. The molecule has 274 valence electrons. The number of benzene rings is 7. The fourth-order valence-electron chi connectivity index (χ4n) is 9.50. The Morgan fingerprint density at radius 3 is 1.98 bits per heavy atom. The molecule has 0 fully saturated rings. The maximum absolute atomic E-state index is 10.4. The van der Waals surface area contributed by atoms with Gasteiger partial charge in [0.25, 0.3) is 0 Å². The Morgan fingerprint density at radius 2 is 1.25 bits per heavy atom. The predicted octanol–water partition coefficient (Wildman–Crippen LogP) is 9.10. The van der Waals surface area contributed by atoms with Crippen molar-refractivity contribution in [2.75, 3.05) is 0 Å². The lowest BCUT2D eigenvalue weighted by Crippen LogP contribution is -2.75. The smallest absolute Gasteiger partial charge is 0.220 e. The van der Waals surface area contributed by atoms with Gasteiger partial charge >= 0.3 is 0 Å². The number of ether oxygens (including phenoxy) is 1. The maximum Gasteiger partial charge on any atom is 0.220 e. The second-order valence-corrected chi connectivity index (χ2v) is 24.1. The van der Waals surface area contributed by atoms with Gasteiger partial charge in [0.05, 0.1) is 30.1 Å². The largest absolute Gasteiger partial charge is 0.457 e. The number of nitrogens with zero attached hydrogens (tertiary/aromatic N) is 3. The number of imidazole rings is 2. The molecule has 0 aliphatic carbocycles. The Balaban J connectivity index is 1.38. The minimum Gasteiger partial charge on any atom is -0.457 e. The van der Waals surface area contributed by atoms with Gasteiger partial charge in [-0.1, -0.05) is 166 Å². The van der Waals surface area contributed by atoms with Crippen molar-refractivity contribution in [3.8, 4) is 17.2 Å². The van der Waals surface area contributed by atoms with E-state index in [-0.39, 0.29) is 22.6 Å². The number of hydrogen-bond donors (Lipinski definition) is 0. The summed E-state index contributed by atoms with van der Waals surface area (Å²) in [4.78, 5) is 5.16. The Morgan fingerprint density at radius 1 is 0.643 bits per heavy atom. The van der Waals surface area contributed by atoms with Crippen molar-refractivity contribution in [2.24, 2.45) is 0 Å². The Labute approximate surface area is 346 Å². The van der Waals surface area contributed by atoms with Gasteiger partial charge in [0.15, 0.2) is 8.07 Å². The maximum atomic E-state index is 10.4. The first-order valence-electron chi connectivity index (χ1n) is 23.8. The third-order valence-corrected chi connectivity index (χ3v) is 22.8. The molecule has 56 heavy (non-hydrogen) atoms. The number of aromatic nitrogens is 3. The highest BCUT2D eigenvalue weighted by molar-refractivity contribution is 7.20. The first-order valence-corrected chi connectivity index (χ1v) is 25.3. The van der Waals surface area contributed by atoms with Gasteiger partial charge in [-0.3, -0.25) is 8.97 Å². The molecule has 0 N–H and O–H groups in total. The fourth-order valence-corrected chi connectivity index (χ4v) is 20.1. The van der Waals surface area contributed by atoms with Gasteiger partial charge < -0.3 is 4.74 Å². The highest BCUT2D eigenvalue weighted by Crippen LogP contribution is 2.53. The summed E-state index contributed by atoms with van der Waals surface area (Å²) in [5.41, 5.74) is 4.83. The van der Waals surface area contributed by atoms with Crippen molar-refractivity contribution in [3.63, 3.8) is 0 Å². The number of hydrogen-bond acceptors (Lipinski definition) is 2. The molecule has 2 aromatic heterocycles. The van der Waals surface area contributed by atoms with Crippen LogP contribution < -0.4 is 25.5 Å². The van der Waals surface area contributed by atoms with E-state index in [4.69, 9.17) is 13.8 Å². The number of para-hydroxylation sites is 6. The molecule has 1 aliphatic heterocycles. The van der Waals surface area contributed by atoms with Gasteiger partial charge in [0.2, 0.25) is 5.78 Å². The first kappa shape index (κ1) is 25.4. The molecule has 9 aromatic rings. The highest BCUT2D eigenvalue weighted by atomic mass is 28.4. The van der Waals surface area contributed by atoms with Crippen LogP contribution in [0.3, 0.4) is 0 Å². The lowest BCUT2D eigenvalue weighted by molar-refractivity contribution is 0.453. The van der Waals surface area contributed by atoms with Crippen molar-refractivity contribution >= 4 is 73.5 Å². The van der Waals surface area contributed by atoms with E-state index in [0.717, 1.165) is 49.1 Å². The quantitative estimate of drug-likeness (QED) is 0.119. The molecule has 1 aliphatic rings. The Bertz CT molecular complexity index is 3280. The molecule has 7 aromatic carbocycles. The molecule has 3 heterocycles. The van der Waals surface area contributed by atoms with Crippen molar-refractivity contribution in [2.45, 2.75) is 37.2 Å². The summed E-state index contributed by atoms with van der Waals surface area (Å²) in [5, 5.41) is 3.46. The van der Waals surface area contributed by atoms with Gasteiger partial charge in [-0.15, -0.1) is 0 Å². The molecule has 0 radical (unpaired) electrons. The monoisotopic (exact) mass is 785 g/mol. The van der Waals surface area contributed by atoms with Crippen LogP contribution in [-0.2, 0) is 4.66 Å². The van der Waals surface area contributed by atoms with E-state index in [9.17, 15) is 9.46 Å². The van der Waals surface area contributed by atoms with E-state index in [1.807, 2.05) is 78.9 Å². The Kier molecular flexibility index (Phi) is 5.86. The van der Waals surface area contributed by atoms with Crippen LogP contribution >= 0.6 is 0 Å². The zero-order valence-electron chi connectivity index (χ0n) is 41.0. The summed E-state index contributed by atoms with van der Waals surface area (Å²) in [6.45, 7) is -6.77. The third kappa shape index (κ3) is 4.77. The lowest BCUT2D eigenvalue weighted by atomic mass is 9.98. The summed E-state index contributed by atoms with van der Waals surface area (Å²) < 4.78 is 102. The molecule has 0 bridgehead atoms. The minimum absolute atomic E-state index is 0.126. The van der Waals surface area contributed by atoms with Crippen molar-refractivity contribution in [1.82, 2.24) is 14.0 Å². The average molecular weight is 786 g/mol. The van der Waals surface area contributed by atoms with Crippen molar-refractivity contribution < 1.29 is 17.1 Å². The molecule has 0 saturated carbocycles. The van der Waals surface area contributed by atoms with E-state index >= 15 is 0 Å². The molecule has 0 spiro atoms. The van der Waals surface area contributed by atoms with Crippen LogP contribution in [0.15, 0.2) is 176 Å². The summed E-state index contributed by atoms with van der Waals surface area (Å²) >= 11 is 0. The van der Waals surface area contributed by atoms with Crippen LogP contribution in [0.4, 0.5) is 0 Å². The van der Waals surface area contributed by atoms with Gasteiger partial charge in [-0.25, -0.2) is 4.98 Å². The van der Waals surface area contributed by atoms with Gasteiger partial charge in [0, 0.05) is 32.6 Å². The molecule has 2 atom stereocenters. The van der Waals surface area contributed by atoms with Gasteiger partial charge in [0.1, 0.15) is 11.5 Å². The first-order chi connectivity index (χ1) is 31.3. The number of fused-ring (bicyclic) bond motifs is 7. The standard InChI is InChI=1S/C49H45N3OSi3/c1-54(2)49(55(3,4)5)39-26-12-17-32-45(39)53-47-40(49)27-19-33-46(47)56(36-21-8-6-9-22-36,37-23-10-7-11-24-37)38-25-18-20-35(34-38)51-43-30-15-16-31-44(43)52-42-29-14-13-28-41(42)50-48(51)52/h6-34,54H,1-5H3/i1D3,3D3,4D3,54D. The summed E-state index contributed by atoms with van der Waals surface area (Å²) in [6, 6.07) is 56.7.